The van der Waals surface area contributed by atoms with Crippen LogP contribution in [0.15, 0.2) is 16.7 Å². The van der Waals surface area contributed by atoms with Crippen molar-refractivity contribution >= 4 is 27.5 Å². The van der Waals surface area contributed by atoms with Gasteiger partial charge in [-0.1, -0.05) is 0 Å². The Morgan fingerprint density at radius 3 is 3.20 bits per heavy atom. The summed E-state index contributed by atoms with van der Waals surface area (Å²) in [5, 5.41) is 0. The normalized spacial score (nSPS) is 18.9. The lowest BCUT2D eigenvalue weighted by Gasteiger charge is -2.03. The Balaban J connectivity index is 2.02. The van der Waals surface area contributed by atoms with Crippen LogP contribution in [-0.4, -0.2) is 16.0 Å². The van der Waals surface area contributed by atoms with Crippen LogP contribution in [0.4, 0.5) is 0 Å². The van der Waals surface area contributed by atoms with Crippen molar-refractivity contribution in [1.29, 1.82) is 0 Å². The Morgan fingerprint density at radius 1 is 1.60 bits per heavy atom. The number of halogens is 1. The first-order valence-corrected chi connectivity index (χ1v) is 6.25. The molecular weight excluding hydrogens is 276 g/mol. The van der Waals surface area contributed by atoms with Crippen molar-refractivity contribution in [2.45, 2.75) is 12.8 Å². The molecule has 3 nitrogen and oxygen atoms in total. The van der Waals surface area contributed by atoms with Crippen LogP contribution in [0.25, 0.3) is 0 Å². The molecule has 3 rings (SSSR count). The topological polar surface area (TPSA) is 37.9 Å². The average molecular weight is 285 g/mol. The van der Waals surface area contributed by atoms with Crippen LogP contribution in [0.1, 0.15) is 22.2 Å². The molecule has 0 fully saturated rings. The predicted octanol–water partition coefficient (Wildman–Crippen LogP) is 3.07. The fourth-order valence-electron chi connectivity index (χ4n) is 1.83. The zero-order chi connectivity index (χ0) is 10.4. The van der Waals surface area contributed by atoms with Gasteiger partial charge in [-0.05, 0) is 40.5 Å². The summed E-state index contributed by atoms with van der Waals surface area (Å²) in [6, 6.07) is 4.10. The van der Waals surface area contributed by atoms with Crippen LogP contribution in [0, 0.1) is 6.92 Å². The van der Waals surface area contributed by atoms with Crippen LogP contribution < -0.4 is 4.74 Å². The van der Waals surface area contributed by atoms with E-state index < -0.39 is 0 Å². The second kappa shape index (κ2) is 3.35. The number of nitrogens with zero attached hydrogens (tertiary/aromatic N) is 1. The fraction of sp³-hybridized carbons (Fsp3) is 0.300. The molecule has 1 aliphatic rings. The van der Waals surface area contributed by atoms with E-state index in [2.05, 4.69) is 31.4 Å². The van der Waals surface area contributed by atoms with E-state index in [1.165, 1.54) is 4.88 Å². The van der Waals surface area contributed by atoms with Gasteiger partial charge in [-0.25, -0.2) is 0 Å². The van der Waals surface area contributed by atoms with Crippen molar-refractivity contribution in [2.75, 3.05) is 6.61 Å². The summed E-state index contributed by atoms with van der Waals surface area (Å²) >= 11 is 4.97. The van der Waals surface area contributed by atoms with Gasteiger partial charge in [0.1, 0.15) is 12.4 Å². The molecule has 0 radical (unpaired) electrons. The van der Waals surface area contributed by atoms with Gasteiger partial charge in [0.05, 0.1) is 21.9 Å². The minimum Gasteiger partial charge on any atom is -0.491 e. The standard InChI is InChI=1S/C10H9BrN2OS/c1-5-2-8(15-13-5)6-4-14-7-3-9(11)12-10(6)7/h2-3,6,12H,4H2,1H3. The number of fused-ring (bicyclic) bond motifs is 1. The van der Waals surface area contributed by atoms with Crippen molar-refractivity contribution in [3.63, 3.8) is 0 Å². The predicted molar refractivity (Wildman–Crippen MR) is 62.7 cm³/mol. The van der Waals surface area contributed by atoms with E-state index in [0.29, 0.717) is 5.92 Å². The molecule has 1 atom stereocenters. The van der Waals surface area contributed by atoms with E-state index in [-0.39, 0.29) is 0 Å². The first-order chi connectivity index (χ1) is 7.24. The number of aromatic amines is 1. The van der Waals surface area contributed by atoms with Crippen LogP contribution in [0.2, 0.25) is 0 Å². The molecule has 5 heteroatoms. The third kappa shape index (κ3) is 1.50. The summed E-state index contributed by atoms with van der Waals surface area (Å²) in [5.41, 5.74) is 2.24. The van der Waals surface area contributed by atoms with Gasteiger partial charge in [-0.3, -0.25) is 0 Å². The van der Waals surface area contributed by atoms with Gasteiger partial charge in [-0.2, -0.15) is 4.37 Å². The van der Waals surface area contributed by atoms with E-state index in [4.69, 9.17) is 4.74 Å². The summed E-state index contributed by atoms with van der Waals surface area (Å²) in [4.78, 5) is 4.55. The van der Waals surface area contributed by atoms with E-state index in [1.54, 1.807) is 11.5 Å². The Morgan fingerprint density at radius 2 is 2.47 bits per heavy atom. The zero-order valence-electron chi connectivity index (χ0n) is 8.08. The van der Waals surface area contributed by atoms with E-state index in [1.807, 2.05) is 13.0 Å². The maximum Gasteiger partial charge on any atom is 0.142 e. The van der Waals surface area contributed by atoms with Gasteiger partial charge in [0.2, 0.25) is 0 Å². The molecule has 0 bridgehead atoms. The van der Waals surface area contributed by atoms with Crippen LogP contribution >= 0.6 is 27.5 Å². The second-order valence-electron chi connectivity index (χ2n) is 3.63. The summed E-state index contributed by atoms with van der Waals surface area (Å²) in [5.74, 6) is 1.27. The molecule has 2 aromatic heterocycles. The van der Waals surface area contributed by atoms with Crippen LogP contribution in [0.5, 0.6) is 5.75 Å². The molecule has 2 aromatic rings. The highest BCUT2D eigenvalue weighted by atomic mass is 79.9. The molecular formula is C10H9BrN2OS. The lowest BCUT2D eigenvalue weighted by molar-refractivity contribution is 0.343. The first kappa shape index (κ1) is 9.42. The SMILES string of the molecule is Cc1cc(C2COc3cc(Br)[nH]c32)sn1. The van der Waals surface area contributed by atoms with Gasteiger partial charge >= 0.3 is 0 Å². The van der Waals surface area contributed by atoms with Gasteiger partial charge in [-0.15, -0.1) is 0 Å². The Hall–Kier alpha value is -0.810. The number of H-pyrrole nitrogens is 1. The Kier molecular flexibility index (Phi) is 2.10. The summed E-state index contributed by atoms with van der Waals surface area (Å²) in [7, 11) is 0. The van der Waals surface area contributed by atoms with Crippen molar-refractivity contribution in [3.05, 3.63) is 33.0 Å². The number of rotatable bonds is 1. The van der Waals surface area contributed by atoms with Gasteiger partial charge in [0.25, 0.3) is 0 Å². The number of aromatic nitrogens is 2. The highest BCUT2D eigenvalue weighted by Crippen LogP contribution is 2.40. The van der Waals surface area contributed by atoms with E-state index in [9.17, 15) is 0 Å². The quantitative estimate of drug-likeness (QED) is 0.874. The van der Waals surface area contributed by atoms with Crippen molar-refractivity contribution in [1.82, 2.24) is 9.36 Å². The fourth-order valence-corrected chi connectivity index (χ4v) is 3.09. The molecule has 0 saturated heterocycles. The molecule has 0 amide bonds. The van der Waals surface area contributed by atoms with E-state index >= 15 is 0 Å². The Bertz CT molecular complexity index is 505. The van der Waals surface area contributed by atoms with Crippen molar-refractivity contribution in [3.8, 4) is 5.75 Å². The van der Waals surface area contributed by atoms with Gasteiger partial charge in [0.15, 0.2) is 0 Å². The Labute approximate surface area is 99.8 Å². The molecule has 1 N–H and O–H groups in total. The average Bonchev–Trinajstić information content (AvgIpc) is 2.80. The first-order valence-electron chi connectivity index (χ1n) is 4.68. The molecule has 0 spiro atoms. The third-order valence-corrected chi connectivity index (χ3v) is 3.94. The second-order valence-corrected chi connectivity index (χ2v) is 5.32. The highest BCUT2D eigenvalue weighted by Gasteiger charge is 2.29. The molecule has 0 saturated carbocycles. The maximum atomic E-state index is 5.61. The number of aryl methyl sites for hydroxylation is 1. The lowest BCUT2D eigenvalue weighted by atomic mass is 10.1. The van der Waals surface area contributed by atoms with Crippen LogP contribution in [0.3, 0.4) is 0 Å². The summed E-state index contributed by atoms with van der Waals surface area (Å²) in [6.45, 7) is 2.73. The van der Waals surface area contributed by atoms with E-state index in [0.717, 1.165) is 28.3 Å². The third-order valence-electron chi connectivity index (χ3n) is 2.52. The summed E-state index contributed by atoms with van der Waals surface area (Å²) < 4.78 is 10.9. The minimum atomic E-state index is 0.317. The number of nitrogens with one attached hydrogen (secondary N) is 1. The molecule has 1 aliphatic heterocycles. The maximum absolute atomic E-state index is 5.61. The zero-order valence-corrected chi connectivity index (χ0v) is 10.5. The monoisotopic (exact) mass is 284 g/mol. The van der Waals surface area contributed by atoms with Crippen LogP contribution in [-0.2, 0) is 0 Å². The molecule has 78 valence electrons. The van der Waals surface area contributed by atoms with Gasteiger partial charge in [0, 0.05) is 10.9 Å². The smallest absolute Gasteiger partial charge is 0.142 e. The van der Waals surface area contributed by atoms with Crippen molar-refractivity contribution in [2.24, 2.45) is 0 Å². The molecule has 1 unspecified atom stereocenters. The lowest BCUT2D eigenvalue weighted by Crippen LogP contribution is -2.01. The number of ether oxygens (including phenoxy) is 1. The number of hydrogen-bond donors (Lipinski definition) is 1. The molecule has 3 heterocycles. The number of hydrogen-bond acceptors (Lipinski definition) is 3. The highest BCUT2D eigenvalue weighted by molar-refractivity contribution is 9.10. The summed E-state index contributed by atoms with van der Waals surface area (Å²) in [6.07, 6.45) is 0. The molecule has 15 heavy (non-hydrogen) atoms. The van der Waals surface area contributed by atoms with Gasteiger partial charge < -0.3 is 9.72 Å². The van der Waals surface area contributed by atoms with Crippen molar-refractivity contribution < 1.29 is 4.74 Å². The molecule has 0 aliphatic carbocycles. The minimum absolute atomic E-state index is 0.317. The largest absolute Gasteiger partial charge is 0.491 e. The molecule has 0 aromatic carbocycles.